The zero-order valence-electron chi connectivity index (χ0n) is 9.21. The van der Waals surface area contributed by atoms with E-state index in [4.69, 9.17) is 0 Å². The second-order valence-electron chi connectivity index (χ2n) is 4.01. The van der Waals surface area contributed by atoms with Gasteiger partial charge in [0.2, 0.25) is 5.91 Å². The molecular weight excluding hydrogens is 206 g/mol. The van der Waals surface area contributed by atoms with Crippen molar-refractivity contribution >= 4 is 12.0 Å². The SMILES string of the molecule is Cn1cc(C=CC(=O)N2CC[C@H](O)C2)cn1. The van der Waals surface area contributed by atoms with Crippen LogP contribution in [-0.2, 0) is 11.8 Å². The Morgan fingerprint density at radius 2 is 2.50 bits per heavy atom. The Balaban J connectivity index is 1.94. The van der Waals surface area contributed by atoms with Gasteiger partial charge < -0.3 is 10.0 Å². The third kappa shape index (κ3) is 2.49. The summed E-state index contributed by atoms with van der Waals surface area (Å²) in [5.74, 6) is -0.0552. The number of aliphatic hydroxyl groups excluding tert-OH is 1. The Morgan fingerprint density at radius 3 is 3.06 bits per heavy atom. The molecule has 86 valence electrons. The molecule has 5 heteroatoms. The van der Waals surface area contributed by atoms with E-state index in [2.05, 4.69) is 5.10 Å². The van der Waals surface area contributed by atoms with E-state index in [-0.39, 0.29) is 12.0 Å². The first-order valence-corrected chi connectivity index (χ1v) is 5.29. The van der Waals surface area contributed by atoms with E-state index >= 15 is 0 Å². The van der Waals surface area contributed by atoms with Crippen molar-refractivity contribution in [1.29, 1.82) is 0 Å². The molecule has 2 heterocycles. The molecule has 2 rings (SSSR count). The molecule has 1 saturated heterocycles. The van der Waals surface area contributed by atoms with Crippen LogP contribution in [-0.4, -0.2) is 44.9 Å². The normalized spacial score (nSPS) is 20.9. The molecule has 0 saturated carbocycles. The summed E-state index contributed by atoms with van der Waals surface area (Å²) < 4.78 is 1.68. The number of carbonyl (C=O) groups excluding carboxylic acids is 1. The van der Waals surface area contributed by atoms with Gasteiger partial charge in [0, 0.05) is 38.0 Å². The van der Waals surface area contributed by atoms with Gasteiger partial charge in [-0.15, -0.1) is 0 Å². The second-order valence-corrected chi connectivity index (χ2v) is 4.01. The summed E-state index contributed by atoms with van der Waals surface area (Å²) in [5, 5.41) is 13.3. The first-order valence-electron chi connectivity index (χ1n) is 5.29. The van der Waals surface area contributed by atoms with Gasteiger partial charge in [-0.2, -0.15) is 5.10 Å². The van der Waals surface area contributed by atoms with Gasteiger partial charge in [-0.3, -0.25) is 9.48 Å². The molecule has 0 aliphatic carbocycles. The highest BCUT2D eigenvalue weighted by atomic mass is 16.3. The highest BCUT2D eigenvalue weighted by molar-refractivity contribution is 5.91. The van der Waals surface area contributed by atoms with E-state index in [0.717, 1.165) is 5.56 Å². The standard InChI is InChI=1S/C11H15N3O2/c1-13-7-9(6-12-13)2-3-11(16)14-5-4-10(15)8-14/h2-3,6-7,10,15H,4-5,8H2,1H3/t10-/m0/s1. The van der Waals surface area contributed by atoms with Crippen molar-refractivity contribution in [1.82, 2.24) is 14.7 Å². The molecule has 16 heavy (non-hydrogen) atoms. The number of aromatic nitrogens is 2. The molecule has 0 bridgehead atoms. The number of aliphatic hydroxyl groups is 1. The molecule has 0 aromatic carbocycles. The van der Waals surface area contributed by atoms with Crippen LogP contribution in [0.15, 0.2) is 18.5 Å². The second kappa shape index (κ2) is 4.49. The van der Waals surface area contributed by atoms with Crippen LogP contribution < -0.4 is 0 Å². The maximum atomic E-state index is 11.7. The number of hydrogen-bond acceptors (Lipinski definition) is 3. The van der Waals surface area contributed by atoms with Crippen LogP contribution in [0.2, 0.25) is 0 Å². The molecule has 1 aliphatic heterocycles. The first-order chi connectivity index (χ1) is 7.65. The Kier molecular flexibility index (Phi) is 3.05. The average molecular weight is 221 g/mol. The summed E-state index contributed by atoms with van der Waals surface area (Å²) in [4.78, 5) is 13.3. The van der Waals surface area contributed by atoms with Crippen LogP contribution in [0, 0.1) is 0 Å². The fraction of sp³-hybridized carbons (Fsp3) is 0.455. The Labute approximate surface area is 94.0 Å². The maximum absolute atomic E-state index is 11.7. The zero-order chi connectivity index (χ0) is 11.5. The average Bonchev–Trinajstić information content (AvgIpc) is 2.84. The van der Waals surface area contributed by atoms with Gasteiger partial charge in [0.1, 0.15) is 0 Å². The van der Waals surface area contributed by atoms with Crippen molar-refractivity contribution in [2.45, 2.75) is 12.5 Å². The van der Waals surface area contributed by atoms with Crippen LogP contribution in [0.3, 0.4) is 0 Å². The minimum atomic E-state index is -0.365. The summed E-state index contributed by atoms with van der Waals surface area (Å²) in [6.45, 7) is 1.08. The van der Waals surface area contributed by atoms with Gasteiger partial charge in [-0.05, 0) is 12.5 Å². The van der Waals surface area contributed by atoms with Crippen LogP contribution in [0.4, 0.5) is 0 Å². The molecular formula is C11H15N3O2. The van der Waals surface area contributed by atoms with Crippen molar-refractivity contribution < 1.29 is 9.90 Å². The van der Waals surface area contributed by atoms with Gasteiger partial charge in [0.05, 0.1) is 12.3 Å². The van der Waals surface area contributed by atoms with Crippen LogP contribution in [0.5, 0.6) is 0 Å². The molecule has 1 N–H and O–H groups in total. The van der Waals surface area contributed by atoms with E-state index in [9.17, 15) is 9.90 Å². The lowest BCUT2D eigenvalue weighted by molar-refractivity contribution is -0.125. The molecule has 0 unspecified atom stereocenters. The van der Waals surface area contributed by atoms with Gasteiger partial charge in [0.25, 0.3) is 0 Å². The molecule has 1 fully saturated rings. The summed E-state index contributed by atoms with van der Waals surface area (Å²) >= 11 is 0. The highest BCUT2D eigenvalue weighted by Gasteiger charge is 2.22. The van der Waals surface area contributed by atoms with Crippen molar-refractivity contribution in [2.75, 3.05) is 13.1 Å². The molecule has 1 atom stereocenters. The third-order valence-electron chi connectivity index (χ3n) is 2.62. The summed E-state index contributed by atoms with van der Waals surface area (Å²) in [5.41, 5.74) is 0.899. The van der Waals surface area contributed by atoms with E-state index < -0.39 is 0 Å². The fourth-order valence-corrected chi connectivity index (χ4v) is 1.74. The molecule has 1 amide bonds. The monoisotopic (exact) mass is 221 g/mol. The van der Waals surface area contributed by atoms with Gasteiger partial charge >= 0.3 is 0 Å². The minimum Gasteiger partial charge on any atom is -0.391 e. The van der Waals surface area contributed by atoms with E-state index in [1.165, 1.54) is 6.08 Å². The van der Waals surface area contributed by atoms with Gasteiger partial charge in [0.15, 0.2) is 0 Å². The smallest absolute Gasteiger partial charge is 0.246 e. The Hall–Kier alpha value is -1.62. The number of likely N-dealkylation sites (tertiary alicyclic amines) is 1. The predicted molar refractivity (Wildman–Crippen MR) is 59.4 cm³/mol. The molecule has 1 aliphatic rings. The number of carbonyl (C=O) groups is 1. The molecule has 1 aromatic heterocycles. The quantitative estimate of drug-likeness (QED) is 0.717. The zero-order valence-corrected chi connectivity index (χ0v) is 9.21. The van der Waals surface area contributed by atoms with Gasteiger partial charge in [-0.1, -0.05) is 0 Å². The van der Waals surface area contributed by atoms with Crippen molar-refractivity contribution in [2.24, 2.45) is 7.05 Å². The van der Waals surface area contributed by atoms with Crippen LogP contribution in [0.25, 0.3) is 6.08 Å². The lowest BCUT2D eigenvalue weighted by Crippen LogP contribution is -2.27. The number of amides is 1. The molecule has 0 spiro atoms. The number of aryl methyl sites for hydroxylation is 1. The Morgan fingerprint density at radius 1 is 1.69 bits per heavy atom. The molecule has 0 radical (unpaired) electrons. The molecule has 5 nitrogen and oxygen atoms in total. The largest absolute Gasteiger partial charge is 0.391 e. The van der Waals surface area contributed by atoms with Crippen LogP contribution >= 0.6 is 0 Å². The van der Waals surface area contributed by atoms with E-state index in [0.29, 0.717) is 19.5 Å². The van der Waals surface area contributed by atoms with Crippen molar-refractivity contribution in [3.63, 3.8) is 0 Å². The summed E-state index contributed by atoms with van der Waals surface area (Å²) in [7, 11) is 1.83. The Bertz CT molecular complexity index is 411. The maximum Gasteiger partial charge on any atom is 0.246 e. The topological polar surface area (TPSA) is 58.4 Å². The van der Waals surface area contributed by atoms with Crippen molar-refractivity contribution in [3.05, 3.63) is 24.0 Å². The highest BCUT2D eigenvalue weighted by Crippen LogP contribution is 2.09. The number of hydrogen-bond donors (Lipinski definition) is 1. The minimum absolute atomic E-state index is 0.0552. The predicted octanol–water partition coefficient (Wildman–Crippen LogP) is 0.0265. The first kappa shape index (κ1) is 10.9. The van der Waals surface area contributed by atoms with Gasteiger partial charge in [-0.25, -0.2) is 0 Å². The summed E-state index contributed by atoms with van der Waals surface area (Å²) in [6, 6.07) is 0. The van der Waals surface area contributed by atoms with E-state index in [1.54, 1.807) is 21.9 Å². The lowest BCUT2D eigenvalue weighted by Gasteiger charge is -2.11. The third-order valence-corrected chi connectivity index (χ3v) is 2.62. The number of nitrogens with zero attached hydrogens (tertiary/aromatic N) is 3. The molecule has 1 aromatic rings. The number of rotatable bonds is 2. The van der Waals surface area contributed by atoms with Crippen molar-refractivity contribution in [3.8, 4) is 0 Å². The fourth-order valence-electron chi connectivity index (χ4n) is 1.74. The van der Waals surface area contributed by atoms with E-state index in [1.807, 2.05) is 13.2 Å². The number of β-amino-alcohol motifs (C(OH)–C–C–N with tert-alkyl or cyclic N) is 1. The lowest BCUT2D eigenvalue weighted by atomic mass is 10.3. The van der Waals surface area contributed by atoms with Crippen LogP contribution in [0.1, 0.15) is 12.0 Å². The summed E-state index contributed by atoms with van der Waals surface area (Å²) in [6.07, 6.45) is 7.10.